The second-order valence-corrected chi connectivity index (χ2v) is 5.00. The van der Waals surface area contributed by atoms with Crippen LogP contribution in [0.25, 0.3) is 0 Å². The van der Waals surface area contributed by atoms with Crippen molar-refractivity contribution in [1.82, 2.24) is 0 Å². The van der Waals surface area contributed by atoms with Gasteiger partial charge in [0.2, 0.25) is 0 Å². The zero-order chi connectivity index (χ0) is 13.2. The van der Waals surface area contributed by atoms with Crippen LogP contribution in [0.2, 0.25) is 0 Å². The standard InChI is InChI=1S/C16H18N2O/c1-17-9-10-18(16-8-3-2-7-15(16)17)12-13-5-4-6-14(19)11-13/h2-8,11,19H,9-10,12H2,1H3. The molecule has 2 aromatic rings. The van der Waals surface area contributed by atoms with Crippen LogP contribution in [0.15, 0.2) is 48.5 Å². The van der Waals surface area contributed by atoms with E-state index in [4.69, 9.17) is 0 Å². The molecule has 1 N–H and O–H groups in total. The van der Waals surface area contributed by atoms with Crippen LogP contribution in [0, 0.1) is 0 Å². The summed E-state index contributed by atoms with van der Waals surface area (Å²) >= 11 is 0. The van der Waals surface area contributed by atoms with Crippen molar-refractivity contribution < 1.29 is 5.11 Å². The van der Waals surface area contributed by atoms with E-state index >= 15 is 0 Å². The first-order valence-electron chi connectivity index (χ1n) is 6.57. The molecule has 0 saturated heterocycles. The number of nitrogens with zero attached hydrogens (tertiary/aromatic N) is 2. The Morgan fingerprint density at radius 2 is 1.79 bits per heavy atom. The number of phenols is 1. The van der Waals surface area contributed by atoms with E-state index in [-0.39, 0.29) is 0 Å². The first-order chi connectivity index (χ1) is 9.24. The molecule has 0 amide bonds. The summed E-state index contributed by atoms with van der Waals surface area (Å²) < 4.78 is 0. The molecule has 0 aliphatic carbocycles. The van der Waals surface area contributed by atoms with Crippen molar-refractivity contribution in [2.75, 3.05) is 29.9 Å². The van der Waals surface area contributed by atoms with Crippen molar-refractivity contribution in [1.29, 1.82) is 0 Å². The van der Waals surface area contributed by atoms with Gasteiger partial charge < -0.3 is 14.9 Å². The van der Waals surface area contributed by atoms with Gasteiger partial charge in [-0.1, -0.05) is 24.3 Å². The molecule has 1 heterocycles. The summed E-state index contributed by atoms with van der Waals surface area (Å²) in [5.74, 6) is 0.333. The van der Waals surface area contributed by atoms with E-state index in [1.165, 1.54) is 11.4 Å². The molecule has 0 bridgehead atoms. The number of aromatic hydroxyl groups is 1. The second kappa shape index (κ2) is 4.84. The maximum absolute atomic E-state index is 9.55. The molecule has 0 unspecified atom stereocenters. The number of rotatable bonds is 2. The molecule has 1 aliphatic heterocycles. The number of hydrogen-bond acceptors (Lipinski definition) is 3. The topological polar surface area (TPSA) is 26.7 Å². The fraction of sp³-hybridized carbons (Fsp3) is 0.250. The highest BCUT2D eigenvalue weighted by Gasteiger charge is 2.19. The highest BCUT2D eigenvalue weighted by atomic mass is 16.3. The Balaban J connectivity index is 1.89. The van der Waals surface area contributed by atoms with E-state index in [9.17, 15) is 5.11 Å². The summed E-state index contributed by atoms with van der Waals surface area (Å²) in [6.07, 6.45) is 0. The van der Waals surface area contributed by atoms with Gasteiger partial charge in [0.1, 0.15) is 5.75 Å². The molecule has 3 heteroatoms. The number of benzene rings is 2. The van der Waals surface area contributed by atoms with Gasteiger partial charge >= 0.3 is 0 Å². The van der Waals surface area contributed by atoms with Crippen molar-refractivity contribution in [2.45, 2.75) is 6.54 Å². The molecular formula is C16H18N2O. The monoisotopic (exact) mass is 254 g/mol. The Kier molecular flexibility index (Phi) is 3.03. The number of fused-ring (bicyclic) bond motifs is 1. The third-order valence-electron chi connectivity index (χ3n) is 3.62. The van der Waals surface area contributed by atoms with Gasteiger partial charge in [0.25, 0.3) is 0 Å². The summed E-state index contributed by atoms with van der Waals surface area (Å²) in [5.41, 5.74) is 3.67. The van der Waals surface area contributed by atoms with Gasteiger partial charge in [0.05, 0.1) is 11.4 Å². The molecule has 0 fully saturated rings. The molecule has 98 valence electrons. The van der Waals surface area contributed by atoms with Crippen molar-refractivity contribution in [3.8, 4) is 5.75 Å². The van der Waals surface area contributed by atoms with Crippen LogP contribution >= 0.6 is 0 Å². The van der Waals surface area contributed by atoms with Crippen LogP contribution < -0.4 is 9.80 Å². The van der Waals surface area contributed by atoms with E-state index in [0.29, 0.717) is 5.75 Å². The first-order valence-corrected chi connectivity index (χ1v) is 6.57. The molecule has 3 rings (SSSR count). The maximum atomic E-state index is 9.55. The van der Waals surface area contributed by atoms with Gasteiger partial charge in [-0.3, -0.25) is 0 Å². The van der Waals surface area contributed by atoms with Crippen LogP contribution in [0.5, 0.6) is 5.75 Å². The van der Waals surface area contributed by atoms with E-state index in [1.807, 2.05) is 12.1 Å². The lowest BCUT2D eigenvalue weighted by Crippen LogP contribution is -2.38. The maximum Gasteiger partial charge on any atom is 0.115 e. The van der Waals surface area contributed by atoms with Crippen molar-refractivity contribution in [2.24, 2.45) is 0 Å². The van der Waals surface area contributed by atoms with Gasteiger partial charge in [-0.15, -0.1) is 0 Å². The summed E-state index contributed by atoms with van der Waals surface area (Å²) in [4.78, 5) is 4.65. The minimum Gasteiger partial charge on any atom is -0.508 e. The van der Waals surface area contributed by atoms with Crippen LogP contribution in [-0.2, 0) is 6.54 Å². The Morgan fingerprint density at radius 1 is 1.00 bits per heavy atom. The largest absolute Gasteiger partial charge is 0.508 e. The molecule has 3 nitrogen and oxygen atoms in total. The summed E-state index contributed by atoms with van der Waals surface area (Å²) in [7, 11) is 2.13. The molecule has 0 spiro atoms. The normalized spacial score (nSPS) is 14.4. The highest BCUT2D eigenvalue weighted by molar-refractivity contribution is 5.73. The fourth-order valence-electron chi connectivity index (χ4n) is 2.61. The predicted molar refractivity (Wildman–Crippen MR) is 78.9 cm³/mol. The van der Waals surface area contributed by atoms with E-state index in [1.54, 1.807) is 6.07 Å². The lowest BCUT2D eigenvalue weighted by molar-refractivity contribution is 0.474. The molecule has 0 atom stereocenters. The van der Waals surface area contributed by atoms with Gasteiger partial charge in [-0.2, -0.15) is 0 Å². The first kappa shape index (κ1) is 11.9. The minimum atomic E-state index is 0.333. The summed E-state index contributed by atoms with van der Waals surface area (Å²) in [6, 6.07) is 16.0. The molecule has 19 heavy (non-hydrogen) atoms. The zero-order valence-corrected chi connectivity index (χ0v) is 11.1. The van der Waals surface area contributed by atoms with E-state index in [2.05, 4.69) is 47.2 Å². The Labute approximate surface area is 113 Å². The minimum absolute atomic E-state index is 0.333. The van der Waals surface area contributed by atoms with Crippen molar-refractivity contribution in [3.05, 3.63) is 54.1 Å². The van der Waals surface area contributed by atoms with Gasteiger partial charge in [0.15, 0.2) is 0 Å². The molecule has 1 aliphatic rings. The molecule has 2 aromatic carbocycles. The SMILES string of the molecule is CN1CCN(Cc2cccc(O)c2)c2ccccc21. The van der Waals surface area contributed by atoms with Crippen molar-refractivity contribution in [3.63, 3.8) is 0 Å². The number of likely N-dealkylation sites (N-methyl/N-ethyl adjacent to an activating group) is 1. The third kappa shape index (κ3) is 2.36. The lowest BCUT2D eigenvalue weighted by Gasteiger charge is -2.37. The number of hydrogen-bond donors (Lipinski definition) is 1. The third-order valence-corrected chi connectivity index (χ3v) is 3.62. The number of anilines is 2. The fourth-order valence-corrected chi connectivity index (χ4v) is 2.61. The van der Waals surface area contributed by atoms with Gasteiger partial charge in [0, 0.05) is 26.7 Å². The molecule has 0 aromatic heterocycles. The van der Waals surface area contributed by atoms with Crippen LogP contribution in [0.4, 0.5) is 11.4 Å². The number of para-hydroxylation sites is 2. The van der Waals surface area contributed by atoms with Crippen LogP contribution in [0.3, 0.4) is 0 Å². The zero-order valence-electron chi connectivity index (χ0n) is 11.1. The van der Waals surface area contributed by atoms with Crippen molar-refractivity contribution >= 4 is 11.4 Å². The Morgan fingerprint density at radius 3 is 2.58 bits per heavy atom. The Bertz CT molecular complexity index is 582. The summed E-state index contributed by atoms with van der Waals surface area (Å²) in [6.45, 7) is 2.86. The second-order valence-electron chi connectivity index (χ2n) is 5.00. The van der Waals surface area contributed by atoms with Gasteiger partial charge in [-0.05, 0) is 29.8 Å². The average molecular weight is 254 g/mol. The van der Waals surface area contributed by atoms with E-state index in [0.717, 1.165) is 25.2 Å². The molecule has 0 radical (unpaired) electrons. The Hall–Kier alpha value is -2.16. The average Bonchev–Trinajstić information content (AvgIpc) is 2.42. The number of phenolic OH excluding ortho intramolecular Hbond substituents is 1. The predicted octanol–water partition coefficient (Wildman–Crippen LogP) is 2.85. The quantitative estimate of drug-likeness (QED) is 0.892. The van der Waals surface area contributed by atoms with E-state index < -0.39 is 0 Å². The smallest absolute Gasteiger partial charge is 0.115 e. The van der Waals surface area contributed by atoms with Gasteiger partial charge in [-0.25, -0.2) is 0 Å². The van der Waals surface area contributed by atoms with Crippen LogP contribution in [0.1, 0.15) is 5.56 Å². The summed E-state index contributed by atoms with van der Waals surface area (Å²) in [5, 5.41) is 9.55. The molecule has 0 saturated carbocycles. The highest BCUT2D eigenvalue weighted by Crippen LogP contribution is 2.32. The molecular weight excluding hydrogens is 236 g/mol. The van der Waals surface area contributed by atoms with Crippen LogP contribution in [-0.4, -0.2) is 25.2 Å². The lowest BCUT2D eigenvalue weighted by atomic mass is 10.1.